The number of nitrogens with one attached hydrogen (secondary N) is 1. The maximum Gasteiger partial charge on any atom is 0.341 e. The first-order valence-electron chi connectivity index (χ1n) is 7.57. The summed E-state index contributed by atoms with van der Waals surface area (Å²) in [7, 11) is 0. The van der Waals surface area contributed by atoms with E-state index < -0.39 is 17.8 Å². The summed E-state index contributed by atoms with van der Waals surface area (Å²) in [5.41, 5.74) is 0.0528. The molecule has 0 bridgehead atoms. The molecule has 0 saturated carbocycles. The molecule has 0 saturated heterocycles. The van der Waals surface area contributed by atoms with Gasteiger partial charge in [0.25, 0.3) is 5.91 Å². The Balaban J connectivity index is 2.19. The Hall–Kier alpha value is -3.35. The topological polar surface area (TPSA) is 113 Å². The van der Waals surface area contributed by atoms with Gasteiger partial charge in [-0.15, -0.1) is 0 Å². The van der Waals surface area contributed by atoms with E-state index in [1.807, 2.05) is 6.92 Å². The van der Waals surface area contributed by atoms with Crippen LogP contribution in [0.4, 0.5) is 5.69 Å². The summed E-state index contributed by atoms with van der Waals surface area (Å²) in [6, 6.07) is 9.71. The second kappa shape index (κ2) is 7.96. The third-order valence-electron chi connectivity index (χ3n) is 3.31. The minimum Gasteiger partial charge on any atom is -0.507 e. The van der Waals surface area contributed by atoms with E-state index in [1.54, 1.807) is 6.07 Å². The van der Waals surface area contributed by atoms with E-state index in [1.165, 1.54) is 36.4 Å². The number of carboxylic acids is 1. The molecule has 130 valence electrons. The largest absolute Gasteiger partial charge is 0.507 e. The van der Waals surface area contributed by atoms with Crippen molar-refractivity contribution < 1.29 is 29.3 Å². The van der Waals surface area contributed by atoms with Crippen LogP contribution in [0.1, 0.15) is 44.4 Å². The van der Waals surface area contributed by atoms with E-state index in [9.17, 15) is 19.5 Å². The summed E-state index contributed by atoms with van der Waals surface area (Å²) in [5.74, 6) is -2.86. The van der Waals surface area contributed by atoms with E-state index in [0.717, 1.165) is 0 Å². The number of anilines is 1. The average Bonchev–Trinajstić information content (AvgIpc) is 2.59. The molecular formula is C18H17NO6. The molecule has 25 heavy (non-hydrogen) atoms. The maximum atomic E-state index is 12.3. The number of aromatic carboxylic acids is 1. The van der Waals surface area contributed by atoms with Gasteiger partial charge in [-0.3, -0.25) is 4.79 Å². The fourth-order valence-electron chi connectivity index (χ4n) is 2.12. The summed E-state index contributed by atoms with van der Waals surface area (Å²) < 4.78 is 4.94. The van der Waals surface area contributed by atoms with Crippen molar-refractivity contribution in [3.8, 4) is 5.75 Å². The number of ether oxygens (including phenoxy) is 1. The molecule has 7 nitrogen and oxygen atoms in total. The van der Waals surface area contributed by atoms with Gasteiger partial charge in [0.05, 0.1) is 17.7 Å². The predicted molar refractivity (Wildman–Crippen MR) is 90.0 cm³/mol. The first kappa shape index (κ1) is 18.0. The lowest BCUT2D eigenvalue weighted by Crippen LogP contribution is -2.16. The third kappa shape index (κ3) is 4.35. The summed E-state index contributed by atoms with van der Waals surface area (Å²) in [5, 5.41) is 21.6. The van der Waals surface area contributed by atoms with Gasteiger partial charge in [0.2, 0.25) is 0 Å². The number of carbonyl (C=O) groups excluding carboxylic acids is 2. The van der Waals surface area contributed by atoms with Crippen LogP contribution in [0.25, 0.3) is 0 Å². The second-order valence-electron chi connectivity index (χ2n) is 5.17. The molecule has 2 rings (SSSR count). The molecule has 2 aromatic carbocycles. The Morgan fingerprint density at radius 2 is 1.72 bits per heavy atom. The van der Waals surface area contributed by atoms with Gasteiger partial charge in [0, 0.05) is 11.8 Å². The molecule has 0 aliphatic rings. The molecule has 0 radical (unpaired) electrons. The first-order chi connectivity index (χ1) is 11.9. The summed E-state index contributed by atoms with van der Waals surface area (Å²) in [4.78, 5) is 35.2. The molecule has 0 atom stereocenters. The number of rotatable bonds is 6. The smallest absolute Gasteiger partial charge is 0.341 e. The lowest BCUT2D eigenvalue weighted by Gasteiger charge is -2.10. The van der Waals surface area contributed by atoms with Crippen LogP contribution >= 0.6 is 0 Å². The number of carbonyl (C=O) groups is 3. The number of esters is 1. The van der Waals surface area contributed by atoms with E-state index in [0.29, 0.717) is 6.42 Å². The van der Waals surface area contributed by atoms with Gasteiger partial charge in [-0.05, 0) is 30.7 Å². The number of phenols is 1. The number of benzene rings is 2. The Morgan fingerprint density at radius 1 is 1.04 bits per heavy atom. The van der Waals surface area contributed by atoms with Crippen LogP contribution in [-0.2, 0) is 4.74 Å². The summed E-state index contributed by atoms with van der Waals surface area (Å²) in [6.45, 7) is 2.09. The zero-order chi connectivity index (χ0) is 18.4. The van der Waals surface area contributed by atoms with Gasteiger partial charge in [-0.2, -0.15) is 0 Å². The number of hydrogen-bond donors (Lipinski definition) is 3. The number of aromatic hydroxyl groups is 1. The number of amides is 1. The van der Waals surface area contributed by atoms with Crippen LogP contribution in [0, 0.1) is 0 Å². The number of phenolic OH excluding ortho intramolecular Hbond substituents is 1. The number of carboxylic acid groups (broad SMARTS) is 1. The van der Waals surface area contributed by atoms with Crippen molar-refractivity contribution in [1.82, 2.24) is 0 Å². The van der Waals surface area contributed by atoms with Crippen LogP contribution in [-0.4, -0.2) is 34.7 Å². The van der Waals surface area contributed by atoms with Gasteiger partial charge in [-0.1, -0.05) is 19.1 Å². The van der Waals surface area contributed by atoms with Gasteiger partial charge in [0.1, 0.15) is 11.3 Å². The normalized spacial score (nSPS) is 10.1. The Labute approximate surface area is 143 Å². The van der Waals surface area contributed by atoms with Crippen molar-refractivity contribution >= 4 is 23.5 Å². The van der Waals surface area contributed by atoms with Crippen LogP contribution < -0.4 is 5.32 Å². The van der Waals surface area contributed by atoms with Crippen molar-refractivity contribution in [2.24, 2.45) is 0 Å². The number of hydrogen-bond acceptors (Lipinski definition) is 5. The quantitative estimate of drug-likeness (QED) is 0.695. The minimum atomic E-state index is -1.22. The summed E-state index contributed by atoms with van der Waals surface area (Å²) in [6.07, 6.45) is 0.656. The van der Waals surface area contributed by atoms with E-state index >= 15 is 0 Å². The average molecular weight is 343 g/mol. The Bertz CT molecular complexity index is 815. The zero-order valence-corrected chi connectivity index (χ0v) is 13.5. The molecule has 2 aromatic rings. The summed E-state index contributed by atoms with van der Waals surface area (Å²) >= 11 is 0. The van der Waals surface area contributed by atoms with E-state index in [-0.39, 0.29) is 34.7 Å². The third-order valence-corrected chi connectivity index (χ3v) is 3.31. The van der Waals surface area contributed by atoms with E-state index in [4.69, 9.17) is 9.84 Å². The molecule has 0 aliphatic heterocycles. The highest BCUT2D eigenvalue weighted by atomic mass is 16.5. The van der Waals surface area contributed by atoms with Gasteiger partial charge in [0.15, 0.2) is 0 Å². The van der Waals surface area contributed by atoms with Gasteiger partial charge < -0.3 is 20.3 Å². The lowest BCUT2D eigenvalue weighted by molar-refractivity contribution is 0.0501. The fourth-order valence-corrected chi connectivity index (χ4v) is 2.12. The minimum absolute atomic E-state index is 0.0130. The molecule has 0 fully saturated rings. The lowest BCUT2D eigenvalue weighted by atomic mass is 10.1. The van der Waals surface area contributed by atoms with Crippen LogP contribution in [0.5, 0.6) is 5.75 Å². The van der Waals surface area contributed by atoms with Crippen LogP contribution in [0.15, 0.2) is 42.5 Å². The van der Waals surface area contributed by atoms with E-state index in [2.05, 4.69) is 5.32 Å². The second-order valence-corrected chi connectivity index (χ2v) is 5.17. The van der Waals surface area contributed by atoms with Crippen LogP contribution in [0.3, 0.4) is 0 Å². The Morgan fingerprint density at radius 3 is 2.32 bits per heavy atom. The maximum absolute atomic E-state index is 12.3. The molecule has 0 aliphatic carbocycles. The van der Waals surface area contributed by atoms with Crippen LogP contribution in [0.2, 0.25) is 0 Å². The molecule has 7 heteroatoms. The molecule has 0 spiro atoms. The zero-order valence-electron chi connectivity index (χ0n) is 13.5. The van der Waals surface area contributed by atoms with Gasteiger partial charge in [-0.25, -0.2) is 9.59 Å². The first-order valence-corrected chi connectivity index (χ1v) is 7.57. The predicted octanol–water partition coefficient (Wildman–Crippen LogP) is 2.91. The molecule has 1 amide bonds. The molecule has 0 heterocycles. The molecule has 3 N–H and O–H groups in total. The molecular weight excluding hydrogens is 326 g/mol. The highest BCUT2D eigenvalue weighted by Crippen LogP contribution is 2.23. The fraction of sp³-hybridized carbons (Fsp3) is 0.167. The van der Waals surface area contributed by atoms with Gasteiger partial charge >= 0.3 is 11.9 Å². The SMILES string of the molecule is CCCOC(=O)c1ccc(NC(=O)c2ccccc2C(=O)O)cc1O. The monoisotopic (exact) mass is 343 g/mol. The highest BCUT2D eigenvalue weighted by molar-refractivity contribution is 6.10. The standard InChI is InChI=1S/C18H17NO6/c1-2-9-25-18(24)14-8-7-11(10-15(14)20)19-16(21)12-5-3-4-6-13(12)17(22)23/h3-8,10,20H,2,9H2,1H3,(H,19,21)(H,22,23). The Kier molecular flexibility index (Phi) is 5.73. The van der Waals surface area contributed by atoms with Crippen molar-refractivity contribution in [2.45, 2.75) is 13.3 Å². The van der Waals surface area contributed by atoms with Crippen molar-refractivity contribution in [2.75, 3.05) is 11.9 Å². The highest BCUT2D eigenvalue weighted by Gasteiger charge is 2.17. The molecule has 0 unspecified atom stereocenters. The molecule has 0 aromatic heterocycles. The van der Waals surface area contributed by atoms with Crippen molar-refractivity contribution in [1.29, 1.82) is 0 Å². The van der Waals surface area contributed by atoms with Crippen molar-refractivity contribution in [3.05, 3.63) is 59.2 Å². The van der Waals surface area contributed by atoms with Crippen molar-refractivity contribution in [3.63, 3.8) is 0 Å².